The lowest BCUT2D eigenvalue weighted by Crippen LogP contribution is -2.25. The number of nitrogens with zero attached hydrogens (tertiary/aromatic N) is 3. The normalized spacial score (nSPS) is 13.3. The highest BCUT2D eigenvalue weighted by molar-refractivity contribution is 7.92. The predicted octanol–water partition coefficient (Wildman–Crippen LogP) is 6.90. The maximum Gasteiger partial charge on any atom is 0.265 e. The summed E-state index contributed by atoms with van der Waals surface area (Å²) in [6.45, 7) is 16.7. The molecule has 204 valence electrons. The predicted molar refractivity (Wildman–Crippen MR) is 152 cm³/mol. The van der Waals surface area contributed by atoms with Gasteiger partial charge >= 0.3 is 0 Å². The average Bonchev–Trinajstić information content (AvgIpc) is 3.31. The summed E-state index contributed by atoms with van der Waals surface area (Å²) in [5.74, 6) is 0.0896. The van der Waals surface area contributed by atoms with Gasteiger partial charge in [0, 0.05) is 16.7 Å². The van der Waals surface area contributed by atoms with E-state index in [9.17, 15) is 13.5 Å². The van der Waals surface area contributed by atoms with Gasteiger partial charge in [0.1, 0.15) is 15.7 Å². The third kappa shape index (κ3) is 5.68. The summed E-state index contributed by atoms with van der Waals surface area (Å²) in [7, 11) is -4.09. The van der Waals surface area contributed by atoms with Gasteiger partial charge in [0.15, 0.2) is 11.5 Å². The molecule has 0 radical (unpaired) electrons. The van der Waals surface area contributed by atoms with E-state index < -0.39 is 10.0 Å². The molecule has 0 aliphatic rings. The molecule has 2 heterocycles. The average molecular weight is 558 g/mol. The number of phenols is 1. The fraction of sp³-hybridized carbons (Fsp3) is 0.429. The Morgan fingerprint density at radius 1 is 1.03 bits per heavy atom. The van der Waals surface area contributed by atoms with Crippen LogP contribution in [0.5, 0.6) is 5.75 Å². The molecule has 0 spiro atoms. The molecule has 38 heavy (non-hydrogen) atoms. The first-order valence-corrected chi connectivity index (χ1v) is 14.3. The van der Waals surface area contributed by atoms with E-state index in [0.29, 0.717) is 27.7 Å². The minimum atomic E-state index is -4.09. The maximum atomic E-state index is 13.4. The summed E-state index contributed by atoms with van der Waals surface area (Å²) >= 11 is 6.55. The standard InChI is InChI=1S/C28H36ClN5O3S/c1-26(2,3)16-28(7,8)18-12-13-20(35)21(15-18)38(36,37)33-19-11-9-10-17(14-19)24-30-25-22(29)23(27(4,5)6)31-34(25)32-24/h9-15,31,33,35H,16H2,1-8H3. The van der Waals surface area contributed by atoms with Crippen molar-refractivity contribution in [3.63, 3.8) is 0 Å². The van der Waals surface area contributed by atoms with E-state index in [1.807, 2.05) is 20.8 Å². The van der Waals surface area contributed by atoms with Gasteiger partial charge in [-0.25, -0.2) is 13.4 Å². The van der Waals surface area contributed by atoms with Gasteiger partial charge in [-0.1, -0.05) is 85.2 Å². The van der Waals surface area contributed by atoms with Crippen molar-refractivity contribution < 1.29 is 13.5 Å². The number of halogens is 1. The molecule has 2 aromatic carbocycles. The molecule has 10 heteroatoms. The van der Waals surface area contributed by atoms with Crippen molar-refractivity contribution in [2.45, 2.75) is 77.5 Å². The molecule has 0 atom stereocenters. The van der Waals surface area contributed by atoms with Crippen LogP contribution in [0.2, 0.25) is 5.02 Å². The number of aromatic amines is 1. The van der Waals surface area contributed by atoms with Gasteiger partial charge in [0.05, 0.1) is 5.69 Å². The molecule has 4 rings (SSSR count). The van der Waals surface area contributed by atoms with Gasteiger partial charge in [0.2, 0.25) is 0 Å². The Hall–Kier alpha value is -3.04. The molecule has 0 fully saturated rings. The molecule has 3 N–H and O–H groups in total. The van der Waals surface area contributed by atoms with E-state index in [1.165, 1.54) is 10.7 Å². The van der Waals surface area contributed by atoms with Crippen molar-refractivity contribution in [1.82, 2.24) is 19.8 Å². The Balaban J connectivity index is 1.65. The fourth-order valence-corrected chi connectivity index (χ4v) is 6.55. The molecular formula is C28H36ClN5O3S. The van der Waals surface area contributed by atoms with Crippen LogP contribution in [0.4, 0.5) is 5.69 Å². The van der Waals surface area contributed by atoms with Crippen LogP contribution in [0.1, 0.15) is 73.1 Å². The van der Waals surface area contributed by atoms with E-state index in [2.05, 4.69) is 54.5 Å². The third-order valence-corrected chi connectivity index (χ3v) is 8.14. The zero-order chi connectivity index (χ0) is 28.3. The van der Waals surface area contributed by atoms with E-state index in [1.54, 1.807) is 36.4 Å². The highest BCUT2D eigenvalue weighted by Gasteiger charge is 2.30. The number of aromatic nitrogens is 4. The highest BCUT2D eigenvalue weighted by atomic mass is 35.5. The number of aromatic hydroxyl groups is 1. The lowest BCUT2D eigenvalue weighted by molar-refractivity contribution is 0.283. The first-order chi connectivity index (χ1) is 17.4. The summed E-state index contributed by atoms with van der Waals surface area (Å²) in [6.07, 6.45) is 0.840. The van der Waals surface area contributed by atoms with E-state index in [0.717, 1.165) is 17.7 Å². The zero-order valence-corrected chi connectivity index (χ0v) is 24.7. The summed E-state index contributed by atoms with van der Waals surface area (Å²) < 4.78 is 30.9. The summed E-state index contributed by atoms with van der Waals surface area (Å²) in [6, 6.07) is 11.6. The second-order valence-corrected chi connectivity index (χ2v) is 14.7. The Morgan fingerprint density at radius 2 is 1.71 bits per heavy atom. The number of phenolic OH excluding ortho intramolecular Hbond substituents is 1. The molecule has 0 amide bonds. The topological polar surface area (TPSA) is 112 Å². The number of hydrogen-bond acceptors (Lipinski definition) is 5. The molecule has 2 aromatic heterocycles. The minimum absolute atomic E-state index is 0.0460. The van der Waals surface area contributed by atoms with Crippen LogP contribution < -0.4 is 4.72 Å². The number of nitrogens with one attached hydrogen (secondary N) is 2. The van der Waals surface area contributed by atoms with Gasteiger partial charge in [-0.3, -0.25) is 9.82 Å². The number of H-pyrrole nitrogens is 1. The number of hydrogen-bond donors (Lipinski definition) is 3. The Bertz CT molecular complexity index is 1610. The fourth-order valence-electron chi connectivity index (χ4n) is 4.93. The lowest BCUT2D eigenvalue weighted by Gasteiger charge is -2.33. The first kappa shape index (κ1) is 28.0. The van der Waals surface area contributed by atoms with Crippen molar-refractivity contribution >= 4 is 33.0 Å². The molecule has 0 aliphatic carbocycles. The second kappa shape index (κ2) is 9.31. The van der Waals surface area contributed by atoms with E-state index in [-0.39, 0.29) is 26.9 Å². The lowest BCUT2D eigenvalue weighted by atomic mass is 9.72. The summed E-state index contributed by atoms with van der Waals surface area (Å²) in [4.78, 5) is 4.40. The smallest absolute Gasteiger partial charge is 0.265 e. The zero-order valence-electron chi connectivity index (χ0n) is 23.1. The number of anilines is 1. The van der Waals surface area contributed by atoms with Crippen LogP contribution in [0, 0.1) is 5.41 Å². The van der Waals surface area contributed by atoms with Gasteiger partial charge < -0.3 is 5.11 Å². The van der Waals surface area contributed by atoms with Crippen LogP contribution >= 0.6 is 11.6 Å². The Morgan fingerprint density at radius 3 is 2.32 bits per heavy atom. The minimum Gasteiger partial charge on any atom is -0.507 e. The third-order valence-electron chi connectivity index (χ3n) is 6.37. The van der Waals surface area contributed by atoms with Gasteiger partial charge in [-0.15, -0.1) is 5.10 Å². The molecule has 0 saturated carbocycles. The number of sulfonamides is 1. The highest BCUT2D eigenvalue weighted by Crippen LogP contribution is 2.39. The molecule has 0 bridgehead atoms. The number of benzene rings is 2. The monoisotopic (exact) mass is 557 g/mol. The molecule has 0 aliphatic heterocycles. The molecule has 8 nitrogen and oxygen atoms in total. The van der Waals surface area contributed by atoms with Crippen molar-refractivity contribution in [3.05, 3.63) is 58.7 Å². The number of fused-ring (bicyclic) bond motifs is 1. The van der Waals surface area contributed by atoms with E-state index >= 15 is 0 Å². The molecule has 4 aromatic rings. The summed E-state index contributed by atoms with van der Waals surface area (Å²) in [5, 5.41) is 18.7. The number of rotatable bonds is 6. The van der Waals surface area contributed by atoms with Crippen molar-refractivity contribution in [2.75, 3.05) is 4.72 Å². The molecular weight excluding hydrogens is 522 g/mol. The van der Waals surface area contributed by atoms with Crippen LogP contribution in [0.15, 0.2) is 47.4 Å². The van der Waals surface area contributed by atoms with Crippen LogP contribution in [0.3, 0.4) is 0 Å². The SMILES string of the molecule is CC(C)(C)CC(C)(C)c1ccc(O)c(S(=O)(=O)Nc2cccc(-c3nc4c(Cl)c(C(C)(C)C)[nH]n4n3)c2)c1. The van der Waals surface area contributed by atoms with Crippen LogP contribution in [-0.4, -0.2) is 33.3 Å². The van der Waals surface area contributed by atoms with Gasteiger partial charge in [-0.05, 0) is 47.1 Å². The quantitative estimate of drug-likeness (QED) is 0.239. The van der Waals surface area contributed by atoms with E-state index in [4.69, 9.17) is 11.6 Å². The van der Waals surface area contributed by atoms with Crippen LogP contribution in [-0.2, 0) is 20.9 Å². The van der Waals surface area contributed by atoms with Crippen molar-refractivity contribution in [3.8, 4) is 17.1 Å². The first-order valence-electron chi connectivity index (χ1n) is 12.5. The Kier molecular flexibility index (Phi) is 6.85. The maximum absolute atomic E-state index is 13.4. The van der Waals surface area contributed by atoms with Crippen LogP contribution in [0.25, 0.3) is 17.0 Å². The van der Waals surface area contributed by atoms with Crippen molar-refractivity contribution in [2.24, 2.45) is 5.41 Å². The largest absolute Gasteiger partial charge is 0.507 e. The summed E-state index contributed by atoms with van der Waals surface area (Å²) in [5.41, 5.74) is 2.64. The van der Waals surface area contributed by atoms with Gasteiger partial charge in [0.25, 0.3) is 10.0 Å². The molecule has 0 unspecified atom stereocenters. The van der Waals surface area contributed by atoms with Crippen molar-refractivity contribution in [1.29, 1.82) is 0 Å². The van der Waals surface area contributed by atoms with Gasteiger partial charge in [-0.2, -0.15) is 4.63 Å². The molecule has 0 saturated heterocycles. The second-order valence-electron chi connectivity index (χ2n) is 12.7. The Labute approximate surface area is 229 Å².